The van der Waals surface area contributed by atoms with Gasteiger partial charge in [0.1, 0.15) is 0 Å². The van der Waals surface area contributed by atoms with Crippen molar-refractivity contribution in [2.24, 2.45) is 0 Å². The number of carboxylic acids is 1. The lowest BCUT2D eigenvalue weighted by Gasteiger charge is -2.10. The van der Waals surface area contributed by atoms with Gasteiger partial charge in [-0.05, 0) is 6.07 Å². The molecule has 1 aromatic rings. The highest BCUT2D eigenvalue weighted by atomic mass is 19.3. The molecule has 0 heterocycles. The van der Waals surface area contributed by atoms with Gasteiger partial charge in [0.05, 0.1) is 0 Å². The first-order valence-electron chi connectivity index (χ1n) is 4.08. The summed E-state index contributed by atoms with van der Waals surface area (Å²) in [5.74, 6) is -5.94. The predicted molar refractivity (Wildman–Crippen MR) is 48.0 cm³/mol. The minimum Gasteiger partial charge on any atom is -0.475 e. The first kappa shape index (κ1) is 11.3. The van der Waals surface area contributed by atoms with Gasteiger partial charge in [0.25, 0.3) is 11.7 Å². The molecule has 0 spiro atoms. The molecular formula is C10H8F2O3. The molecule has 0 aromatic heterocycles. The molecule has 1 rings (SSSR count). The summed E-state index contributed by atoms with van der Waals surface area (Å²) in [5, 5.41) is 8.39. The van der Waals surface area contributed by atoms with Crippen molar-refractivity contribution >= 4 is 11.8 Å². The Labute approximate surface area is 84.3 Å². The van der Waals surface area contributed by atoms with Crippen LogP contribution in [-0.2, 0) is 10.7 Å². The second-order valence-corrected chi connectivity index (χ2v) is 3.10. The largest absolute Gasteiger partial charge is 0.475 e. The van der Waals surface area contributed by atoms with Crippen LogP contribution in [0.5, 0.6) is 0 Å². The van der Waals surface area contributed by atoms with Crippen molar-refractivity contribution in [1.29, 1.82) is 0 Å². The number of alkyl halides is 2. The fraction of sp³-hybridized carbons (Fsp3) is 0.200. The van der Waals surface area contributed by atoms with E-state index in [1.807, 2.05) is 0 Å². The Morgan fingerprint density at radius 3 is 2.40 bits per heavy atom. The second kappa shape index (κ2) is 3.76. The van der Waals surface area contributed by atoms with E-state index in [0.29, 0.717) is 6.92 Å². The Hall–Kier alpha value is -1.78. The quantitative estimate of drug-likeness (QED) is 0.619. The smallest absolute Gasteiger partial charge is 0.377 e. The summed E-state index contributed by atoms with van der Waals surface area (Å²) in [6.07, 6.45) is 0. The summed E-state index contributed by atoms with van der Waals surface area (Å²) < 4.78 is 25.7. The Morgan fingerprint density at radius 1 is 1.33 bits per heavy atom. The molecule has 3 nitrogen and oxygen atoms in total. The number of rotatable bonds is 3. The molecule has 0 amide bonds. The van der Waals surface area contributed by atoms with Crippen LogP contribution in [0, 0.1) is 0 Å². The van der Waals surface area contributed by atoms with E-state index in [4.69, 9.17) is 5.11 Å². The normalized spacial score (nSPS) is 11.1. The van der Waals surface area contributed by atoms with Crippen molar-refractivity contribution in [3.05, 3.63) is 35.4 Å². The van der Waals surface area contributed by atoms with Crippen LogP contribution in [0.3, 0.4) is 0 Å². The molecule has 0 fully saturated rings. The second-order valence-electron chi connectivity index (χ2n) is 3.10. The van der Waals surface area contributed by atoms with E-state index in [1.165, 1.54) is 12.1 Å². The zero-order chi connectivity index (χ0) is 11.6. The molecule has 0 saturated heterocycles. The van der Waals surface area contributed by atoms with E-state index in [9.17, 15) is 18.4 Å². The molecule has 0 aliphatic carbocycles. The molecule has 0 bridgehead atoms. The lowest BCUT2D eigenvalue weighted by Crippen LogP contribution is -2.14. The Kier molecular flexibility index (Phi) is 2.83. The van der Waals surface area contributed by atoms with Crippen LogP contribution in [0.1, 0.15) is 22.8 Å². The lowest BCUT2D eigenvalue weighted by molar-refractivity contribution is -0.131. The molecule has 0 aliphatic heterocycles. The summed E-state index contributed by atoms with van der Waals surface area (Å²) in [5.41, 5.74) is -0.629. The number of carbonyl (C=O) groups is 2. The maximum absolute atomic E-state index is 12.8. The number of ketones is 1. The highest BCUT2D eigenvalue weighted by molar-refractivity contribution is 6.39. The van der Waals surface area contributed by atoms with Crippen LogP contribution in [0.4, 0.5) is 8.78 Å². The van der Waals surface area contributed by atoms with Crippen molar-refractivity contribution in [2.45, 2.75) is 12.8 Å². The van der Waals surface area contributed by atoms with Crippen molar-refractivity contribution in [3.8, 4) is 0 Å². The highest BCUT2D eigenvalue weighted by Gasteiger charge is 2.25. The molecule has 0 saturated carbocycles. The van der Waals surface area contributed by atoms with E-state index in [1.54, 1.807) is 0 Å². The number of aliphatic carboxylic acids is 1. The lowest BCUT2D eigenvalue weighted by atomic mass is 10.0. The van der Waals surface area contributed by atoms with Gasteiger partial charge >= 0.3 is 5.97 Å². The van der Waals surface area contributed by atoms with Crippen LogP contribution >= 0.6 is 0 Å². The molecule has 1 N–H and O–H groups in total. The van der Waals surface area contributed by atoms with Gasteiger partial charge < -0.3 is 5.11 Å². The molecule has 0 unspecified atom stereocenters. The average molecular weight is 214 g/mol. The molecule has 0 atom stereocenters. The highest BCUT2D eigenvalue weighted by Crippen LogP contribution is 2.27. The first-order chi connectivity index (χ1) is 6.82. The molecule has 15 heavy (non-hydrogen) atoms. The molecule has 1 aromatic carbocycles. The first-order valence-corrected chi connectivity index (χ1v) is 4.08. The topological polar surface area (TPSA) is 54.4 Å². The Bertz CT molecular complexity index is 407. The maximum Gasteiger partial charge on any atom is 0.377 e. The summed E-state index contributed by atoms with van der Waals surface area (Å²) in [4.78, 5) is 21.3. The third-order valence-electron chi connectivity index (χ3n) is 1.83. The van der Waals surface area contributed by atoms with Crippen molar-refractivity contribution in [1.82, 2.24) is 0 Å². The fourth-order valence-corrected chi connectivity index (χ4v) is 1.06. The SMILES string of the molecule is CC(F)(F)c1cccc(C(=O)C(=O)O)c1. The Balaban J connectivity index is 3.14. The van der Waals surface area contributed by atoms with E-state index in [2.05, 4.69) is 0 Å². The van der Waals surface area contributed by atoms with E-state index in [-0.39, 0.29) is 11.1 Å². The van der Waals surface area contributed by atoms with E-state index in [0.717, 1.165) is 12.1 Å². The molecular weight excluding hydrogens is 206 g/mol. The van der Waals surface area contributed by atoms with Crippen LogP contribution in [-0.4, -0.2) is 16.9 Å². The van der Waals surface area contributed by atoms with Gasteiger partial charge in [-0.3, -0.25) is 4.79 Å². The van der Waals surface area contributed by atoms with Gasteiger partial charge in [-0.15, -0.1) is 0 Å². The monoisotopic (exact) mass is 214 g/mol. The molecule has 80 valence electrons. The van der Waals surface area contributed by atoms with Gasteiger partial charge in [0.15, 0.2) is 0 Å². The number of carboxylic acid groups (broad SMARTS) is 1. The third kappa shape index (κ3) is 2.59. The fourth-order valence-electron chi connectivity index (χ4n) is 1.06. The van der Waals surface area contributed by atoms with E-state index >= 15 is 0 Å². The van der Waals surface area contributed by atoms with Gasteiger partial charge in [0, 0.05) is 18.1 Å². The zero-order valence-corrected chi connectivity index (χ0v) is 7.83. The average Bonchev–Trinajstić information content (AvgIpc) is 2.15. The Morgan fingerprint density at radius 2 is 1.93 bits per heavy atom. The standard InChI is InChI=1S/C10H8F2O3/c1-10(11,12)7-4-2-3-6(5-7)8(13)9(14)15/h2-5H,1H3,(H,14,15). The van der Waals surface area contributed by atoms with Gasteiger partial charge in [-0.1, -0.05) is 18.2 Å². The minimum absolute atomic E-state index is 0.249. The van der Waals surface area contributed by atoms with E-state index < -0.39 is 17.7 Å². The van der Waals surface area contributed by atoms with Crippen LogP contribution in [0.2, 0.25) is 0 Å². The van der Waals surface area contributed by atoms with Gasteiger partial charge in [-0.2, -0.15) is 0 Å². The maximum atomic E-state index is 12.8. The number of Topliss-reactive ketones (excluding diaryl/α,β-unsaturated/α-hetero) is 1. The minimum atomic E-state index is -3.09. The summed E-state index contributed by atoms with van der Waals surface area (Å²) in [6, 6.07) is 4.43. The molecule has 0 aliphatic rings. The van der Waals surface area contributed by atoms with Gasteiger partial charge in [-0.25, -0.2) is 13.6 Å². The summed E-state index contributed by atoms with van der Waals surface area (Å²) >= 11 is 0. The molecule has 0 radical (unpaired) electrons. The van der Waals surface area contributed by atoms with Crippen molar-refractivity contribution in [2.75, 3.05) is 0 Å². The van der Waals surface area contributed by atoms with Crippen LogP contribution in [0.15, 0.2) is 24.3 Å². The number of hydrogen-bond acceptors (Lipinski definition) is 2. The number of benzene rings is 1. The predicted octanol–water partition coefficient (Wildman–Crippen LogP) is 2.07. The summed E-state index contributed by atoms with van der Waals surface area (Å²) in [7, 11) is 0. The van der Waals surface area contributed by atoms with Crippen LogP contribution < -0.4 is 0 Å². The number of hydrogen-bond donors (Lipinski definition) is 1. The number of halogens is 2. The van der Waals surface area contributed by atoms with Crippen LogP contribution in [0.25, 0.3) is 0 Å². The summed E-state index contributed by atoms with van der Waals surface area (Å²) in [6.45, 7) is 0.678. The van der Waals surface area contributed by atoms with Gasteiger partial charge in [0.2, 0.25) is 0 Å². The zero-order valence-electron chi connectivity index (χ0n) is 7.83. The van der Waals surface area contributed by atoms with Crippen molar-refractivity contribution < 1.29 is 23.5 Å². The molecule has 5 heteroatoms. The van der Waals surface area contributed by atoms with Crippen molar-refractivity contribution in [3.63, 3.8) is 0 Å². The number of carbonyl (C=O) groups excluding carboxylic acids is 1. The third-order valence-corrected chi connectivity index (χ3v) is 1.83.